The van der Waals surface area contributed by atoms with E-state index in [9.17, 15) is 9.59 Å². The summed E-state index contributed by atoms with van der Waals surface area (Å²) < 4.78 is 18.3. The van der Waals surface area contributed by atoms with Crippen LogP contribution in [0, 0.1) is 0 Å². The molecule has 1 aliphatic carbocycles. The monoisotopic (exact) mass is 567 g/mol. The van der Waals surface area contributed by atoms with E-state index in [1.165, 1.54) is 0 Å². The second-order valence-corrected chi connectivity index (χ2v) is 14.7. The van der Waals surface area contributed by atoms with Gasteiger partial charge < -0.3 is 9.05 Å². The summed E-state index contributed by atoms with van der Waals surface area (Å²) in [6.07, 6.45) is 7.35. The molecule has 39 heavy (non-hydrogen) atoms. The van der Waals surface area contributed by atoms with Crippen molar-refractivity contribution in [3.63, 3.8) is 0 Å². The molecule has 1 aliphatic rings. The van der Waals surface area contributed by atoms with Gasteiger partial charge in [0.05, 0.1) is 7.05 Å². The van der Waals surface area contributed by atoms with E-state index in [4.69, 9.17) is 25.4 Å². The van der Waals surface area contributed by atoms with Gasteiger partial charge in [-0.15, -0.1) is 5.73 Å². The van der Waals surface area contributed by atoms with Gasteiger partial charge in [0.25, 0.3) is 0 Å². The summed E-state index contributed by atoms with van der Waals surface area (Å²) in [7, 11) is -2.78. The van der Waals surface area contributed by atoms with Crippen molar-refractivity contribution in [2.45, 2.75) is 0 Å². The van der Waals surface area contributed by atoms with Crippen molar-refractivity contribution >= 4 is 48.7 Å². The van der Waals surface area contributed by atoms with Gasteiger partial charge in [0.2, 0.25) is 0 Å². The van der Waals surface area contributed by atoms with Gasteiger partial charge in [0.1, 0.15) is 24.1 Å². The first-order valence-electron chi connectivity index (χ1n) is 12.0. The van der Waals surface area contributed by atoms with E-state index in [-0.39, 0.29) is 0 Å². The zero-order valence-electron chi connectivity index (χ0n) is 20.7. The third-order valence-electron chi connectivity index (χ3n) is 5.91. The van der Waals surface area contributed by atoms with Crippen LogP contribution in [-0.2, 0) is 11.8 Å². The topological polar surface area (TPSA) is 65.0 Å². The Kier molecular flexibility index (Phi) is 8.02. The van der Waals surface area contributed by atoms with Crippen molar-refractivity contribution < 1.29 is 18.6 Å². The van der Waals surface area contributed by atoms with Gasteiger partial charge in [0, 0.05) is 38.9 Å². The molecule has 5 nitrogen and oxygen atoms in total. The average Bonchev–Trinajstić information content (AvgIpc) is 3.53. The lowest BCUT2D eigenvalue weighted by atomic mass is 10.2. The molecule has 0 N–H and O–H groups in total. The predicted octanol–water partition coefficient (Wildman–Crippen LogP) is 7.45. The fourth-order valence-corrected chi connectivity index (χ4v) is 11.8. The first-order valence-corrected chi connectivity index (χ1v) is 16.4. The van der Waals surface area contributed by atoms with Crippen LogP contribution in [0.3, 0.4) is 0 Å². The maximum absolute atomic E-state index is 11.2. The van der Waals surface area contributed by atoms with Gasteiger partial charge in [-0.05, 0) is 60.7 Å². The Balaban J connectivity index is 1.77. The second kappa shape index (κ2) is 11.8. The molecule has 0 spiro atoms. The van der Waals surface area contributed by atoms with Gasteiger partial charge in [-0.3, -0.25) is 9.59 Å². The van der Waals surface area contributed by atoms with E-state index in [1.54, 1.807) is 48.5 Å². The van der Waals surface area contributed by atoms with E-state index in [1.807, 2.05) is 78.9 Å². The van der Waals surface area contributed by atoms with Crippen LogP contribution in [0.25, 0.3) is 0 Å². The normalized spacial score (nSPS) is 12.5. The standard InChI is InChI=1S/C31H23NO4P2S/c33-23-25-15-19-27(20-16-25)35-38(39,36-28-21-17-26(24-34)18-22-28)32-37(31-13-7-8-14-31,29-9-3-1-4-10-29)30-11-5-2-6-12-30/h1-13,15-24H. The molecule has 4 aromatic rings. The van der Waals surface area contributed by atoms with Crippen LogP contribution in [0.15, 0.2) is 143 Å². The molecule has 0 saturated carbocycles. The van der Waals surface area contributed by atoms with Crippen molar-refractivity contribution in [3.05, 3.63) is 150 Å². The summed E-state index contributed by atoms with van der Waals surface area (Å²) in [5.74, 6) is 0.866. The van der Waals surface area contributed by atoms with Gasteiger partial charge >= 0.3 is 6.64 Å². The molecular weight excluding hydrogens is 544 g/mol. The third kappa shape index (κ3) is 5.86. The number of allylic oxidation sites excluding steroid dienone is 3. The number of nitrogens with zero attached hydrogens (tertiary/aromatic N) is 1. The Hall–Kier alpha value is -4.04. The Morgan fingerprint density at radius 3 is 1.51 bits per heavy atom. The molecule has 0 atom stereocenters. The third-order valence-corrected chi connectivity index (χ3v) is 12.9. The van der Waals surface area contributed by atoms with Crippen LogP contribution in [0.1, 0.15) is 20.7 Å². The Morgan fingerprint density at radius 2 is 1.13 bits per heavy atom. The maximum Gasteiger partial charge on any atom is 0.413 e. The molecule has 0 saturated heterocycles. The van der Waals surface area contributed by atoms with Crippen molar-refractivity contribution in [2.24, 2.45) is 4.52 Å². The maximum atomic E-state index is 11.2. The molecule has 0 fully saturated rings. The van der Waals surface area contributed by atoms with Crippen LogP contribution in [0.2, 0.25) is 0 Å². The minimum Gasteiger partial charge on any atom is -0.419 e. The van der Waals surface area contributed by atoms with E-state index in [2.05, 4.69) is 5.73 Å². The number of carbonyl (C=O) groups excluding carboxylic acids is 2. The highest BCUT2D eigenvalue weighted by molar-refractivity contribution is 8.11. The summed E-state index contributed by atoms with van der Waals surface area (Å²) in [6.45, 7) is -3.49. The molecule has 0 aliphatic heterocycles. The molecule has 4 aromatic carbocycles. The molecule has 0 aromatic heterocycles. The fourth-order valence-electron chi connectivity index (χ4n) is 4.09. The largest absolute Gasteiger partial charge is 0.419 e. The number of aldehydes is 2. The van der Waals surface area contributed by atoms with Crippen LogP contribution < -0.4 is 19.7 Å². The molecule has 0 amide bonds. The molecule has 192 valence electrons. The van der Waals surface area contributed by atoms with Crippen molar-refractivity contribution in [3.8, 4) is 11.5 Å². The summed E-state index contributed by atoms with van der Waals surface area (Å²) in [5, 5.41) is 2.86. The summed E-state index contributed by atoms with van der Waals surface area (Å²) in [5.41, 5.74) is 4.42. The fraction of sp³-hybridized carbons (Fsp3) is 0. The van der Waals surface area contributed by atoms with Crippen molar-refractivity contribution in [1.82, 2.24) is 0 Å². The highest BCUT2D eigenvalue weighted by Gasteiger charge is 2.35. The average molecular weight is 568 g/mol. The second-order valence-electron chi connectivity index (χ2n) is 8.48. The van der Waals surface area contributed by atoms with Gasteiger partial charge in [-0.1, -0.05) is 66.7 Å². The summed E-state index contributed by atoms with van der Waals surface area (Å²) >= 11 is 6.19. The highest BCUT2D eigenvalue weighted by atomic mass is 32.5. The number of benzene rings is 4. The minimum absolute atomic E-state index is 0.433. The van der Waals surface area contributed by atoms with Crippen LogP contribution in [0.5, 0.6) is 11.5 Å². The Labute approximate surface area is 232 Å². The van der Waals surface area contributed by atoms with Crippen LogP contribution in [-0.4, -0.2) is 12.6 Å². The van der Waals surface area contributed by atoms with Crippen LogP contribution >= 0.6 is 13.7 Å². The summed E-state index contributed by atoms with van der Waals surface area (Å²) in [4.78, 5) is 22.4. The number of hydrogen-bond donors (Lipinski definition) is 0. The molecular formula is C31H23NO4P2S. The lowest BCUT2D eigenvalue weighted by Gasteiger charge is -2.29. The van der Waals surface area contributed by atoms with Gasteiger partial charge in [-0.25, -0.2) is 0 Å². The zero-order valence-corrected chi connectivity index (χ0v) is 23.3. The van der Waals surface area contributed by atoms with Crippen molar-refractivity contribution in [2.75, 3.05) is 0 Å². The lowest BCUT2D eigenvalue weighted by molar-refractivity contribution is 0.111. The van der Waals surface area contributed by atoms with E-state index in [0.29, 0.717) is 22.6 Å². The molecule has 0 radical (unpaired) electrons. The number of carbonyl (C=O) groups is 2. The van der Waals surface area contributed by atoms with E-state index < -0.39 is 13.7 Å². The SMILES string of the molecule is O=Cc1ccc(OP(=S)(N=P(C2=C=CC=C2)(c2ccccc2)c2ccccc2)Oc2ccc(C=O)cc2)cc1. The lowest BCUT2D eigenvalue weighted by Crippen LogP contribution is -2.17. The minimum atomic E-state index is -3.49. The molecule has 0 unspecified atom stereocenters. The van der Waals surface area contributed by atoms with E-state index in [0.717, 1.165) is 28.5 Å². The molecule has 8 heteroatoms. The predicted molar refractivity (Wildman–Crippen MR) is 161 cm³/mol. The Morgan fingerprint density at radius 1 is 0.667 bits per heavy atom. The smallest absolute Gasteiger partial charge is 0.413 e. The van der Waals surface area contributed by atoms with Gasteiger partial charge in [-0.2, -0.15) is 4.52 Å². The quantitative estimate of drug-likeness (QED) is 0.113. The first-order chi connectivity index (χ1) is 19.0. The zero-order chi connectivity index (χ0) is 27.1. The molecule has 0 heterocycles. The highest BCUT2D eigenvalue weighted by Crippen LogP contribution is 2.66. The van der Waals surface area contributed by atoms with Crippen LogP contribution in [0.4, 0.5) is 0 Å². The summed E-state index contributed by atoms with van der Waals surface area (Å²) in [6, 6.07) is 33.4. The molecule has 5 rings (SSSR count). The molecule has 0 bridgehead atoms. The Bertz CT molecular complexity index is 1590. The van der Waals surface area contributed by atoms with E-state index >= 15 is 0 Å². The number of rotatable bonds is 10. The van der Waals surface area contributed by atoms with Gasteiger partial charge in [0.15, 0.2) is 0 Å². The first kappa shape index (κ1) is 26.6. The number of hydrogen-bond acceptors (Lipinski definition) is 5. The van der Waals surface area contributed by atoms with Crippen molar-refractivity contribution in [1.29, 1.82) is 0 Å².